The van der Waals surface area contributed by atoms with Gasteiger partial charge in [0.15, 0.2) is 5.78 Å². The van der Waals surface area contributed by atoms with Crippen LogP contribution in [0.1, 0.15) is 29.8 Å². The summed E-state index contributed by atoms with van der Waals surface area (Å²) in [7, 11) is 1.56. The van der Waals surface area contributed by atoms with Crippen LogP contribution in [0, 0.1) is 12.8 Å². The molecular weight excluding hydrogens is 212 g/mol. The number of benzene rings is 1. The molecule has 0 bridgehead atoms. The molecule has 0 fully saturated rings. The Kier molecular flexibility index (Phi) is 3.75. The Morgan fingerprint density at radius 3 is 2.47 bits per heavy atom. The van der Waals surface area contributed by atoms with E-state index in [4.69, 9.17) is 16.3 Å². The van der Waals surface area contributed by atoms with Crippen molar-refractivity contribution in [2.75, 3.05) is 7.11 Å². The van der Waals surface area contributed by atoms with E-state index in [2.05, 4.69) is 0 Å². The Labute approximate surface area is 95.2 Å². The fraction of sp³-hybridized carbons (Fsp3) is 0.417. The minimum Gasteiger partial charge on any atom is -0.496 e. The summed E-state index contributed by atoms with van der Waals surface area (Å²) in [5, 5.41) is 0.567. The predicted molar refractivity (Wildman–Crippen MR) is 61.9 cm³/mol. The normalized spacial score (nSPS) is 10.5. The average molecular weight is 227 g/mol. The molecule has 0 atom stereocenters. The van der Waals surface area contributed by atoms with Crippen LogP contribution in [0.4, 0.5) is 0 Å². The van der Waals surface area contributed by atoms with Gasteiger partial charge >= 0.3 is 0 Å². The Morgan fingerprint density at radius 1 is 1.40 bits per heavy atom. The van der Waals surface area contributed by atoms with E-state index >= 15 is 0 Å². The number of ketones is 1. The van der Waals surface area contributed by atoms with Gasteiger partial charge in [0.25, 0.3) is 0 Å². The van der Waals surface area contributed by atoms with Gasteiger partial charge in [-0.05, 0) is 24.6 Å². The fourth-order valence-corrected chi connectivity index (χ4v) is 1.77. The lowest BCUT2D eigenvalue weighted by Gasteiger charge is -2.12. The van der Waals surface area contributed by atoms with Crippen LogP contribution in [0.25, 0.3) is 0 Å². The van der Waals surface area contributed by atoms with Crippen LogP contribution in [0.3, 0.4) is 0 Å². The van der Waals surface area contributed by atoms with Crippen molar-refractivity contribution < 1.29 is 9.53 Å². The highest BCUT2D eigenvalue weighted by Crippen LogP contribution is 2.29. The van der Waals surface area contributed by atoms with Crippen molar-refractivity contribution in [1.82, 2.24) is 0 Å². The highest BCUT2D eigenvalue weighted by Gasteiger charge is 2.17. The number of rotatable bonds is 3. The molecule has 0 saturated carbocycles. The lowest BCUT2D eigenvalue weighted by molar-refractivity contribution is 0.0936. The van der Waals surface area contributed by atoms with Crippen molar-refractivity contribution in [2.24, 2.45) is 5.92 Å². The maximum Gasteiger partial charge on any atom is 0.169 e. The van der Waals surface area contributed by atoms with Crippen LogP contribution >= 0.6 is 11.6 Å². The largest absolute Gasteiger partial charge is 0.496 e. The summed E-state index contributed by atoms with van der Waals surface area (Å²) >= 11 is 5.92. The van der Waals surface area contributed by atoms with Crippen molar-refractivity contribution in [2.45, 2.75) is 20.8 Å². The highest BCUT2D eigenvalue weighted by atomic mass is 35.5. The summed E-state index contributed by atoms with van der Waals surface area (Å²) in [6, 6.07) is 3.45. The molecule has 0 heterocycles. The molecule has 1 aromatic rings. The summed E-state index contributed by atoms with van der Waals surface area (Å²) in [5.74, 6) is 0.618. The number of hydrogen-bond donors (Lipinski definition) is 0. The van der Waals surface area contributed by atoms with Gasteiger partial charge in [0.2, 0.25) is 0 Å². The van der Waals surface area contributed by atoms with E-state index in [0.29, 0.717) is 16.3 Å². The smallest absolute Gasteiger partial charge is 0.169 e. The van der Waals surface area contributed by atoms with Gasteiger partial charge in [-0.2, -0.15) is 0 Å². The molecule has 0 spiro atoms. The van der Waals surface area contributed by atoms with E-state index in [0.717, 1.165) is 5.56 Å². The maximum absolute atomic E-state index is 11.9. The first-order chi connectivity index (χ1) is 6.97. The molecule has 2 nitrogen and oxygen atoms in total. The zero-order chi connectivity index (χ0) is 11.6. The van der Waals surface area contributed by atoms with Gasteiger partial charge < -0.3 is 4.74 Å². The van der Waals surface area contributed by atoms with Gasteiger partial charge in [-0.1, -0.05) is 25.4 Å². The predicted octanol–water partition coefficient (Wildman–Crippen LogP) is 3.50. The zero-order valence-electron chi connectivity index (χ0n) is 9.43. The molecule has 0 aromatic heterocycles. The summed E-state index contributed by atoms with van der Waals surface area (Å²) in [6.07, 6.45) is 0. The molecule has 3 heteroatoms. The number of aryl methyl sites for hydroxylation is 1. The summed E-state index contributed by atoms with van der Waals surface area (Å²) in [4.78, 5) is 11.9. The first-order valence-corrected chi connectivity index (χ1v) is 5.23. The van der Waals surface area contributed by atoms with E-state index in [1.807, 2.05) is 20.8 Å². The minimum atomic E-state index is -0.0585. The molecule has 1 rings (SSSR count). The van der Waals surface area contributed by atoms with E-state index in [1.165, 1.54) is 0 Å². The number of hydrogen-bond acceptors (Lipinski definition) is 2. The Morgan fingerprint density at radius 2 is 2.00 bits per heavy atom. The maximum atomic E-state index is 11.9. The molecule has 0 aliphatic carbocycles. The zero-order valence-corrected chi connectivity index (χ0v) is 10.2. The first kappa shape index (κ1) is 12.1. The molecule has 15 heavy (non-hydrogen) atoms. The monoisotopic (exact) mass is 226 g/mol. The summed E-state index contributed by atoms with van der Waals surface area (Å²) in [5.41, 5.74) is 1.45. The molecule has 0 amide bonds. The second-order valence-corrected chi connectivity index (χ2v) is 4.26. The van der Waals surface area contributed by atoms with E-state index < -0.39 is 0 Å². The van der Waals surface area contributed by atoms with Crippen molar-refractivity contribution in [3.8, 4) is 5.75 Å². The lowest BCUT2D eigenvalue weighted by atomic mass is 9.98. The molecule has 0 aliphatic heterocycles. The third kappa shape index (κ3) is 2.51. The third-order valence-electron chi connectivity index (χ3n) is 2.23. The van der Waals surface area contributed by atoms with Gasteiger partial charge in [0.05, 0.1) is 12.7 Å². The summed E-state index contributed by atoms with van der Waals surface area (Å²) in [6.45, 7) is 5.60. The molecule has 0 N–H and O–H groups in total. The number of carbonyl (C=O) groups is 1. The second-order valence-electron chi connectivity index (χ2n) is 3.82. The topological polar surface area (TPSA) is 26.3 Å². The van der Waals surface area contributed by atoms with Gasteiger partial charge in [0, 0.05) is 10.9 Å². The molecular formula is C12H15ClO2. The molecule has 0 unspecified atom stereocenters. The van der Waals surface area contributed by atoms with Crippen molar-refractivity contribution in [3.05, 3.63) is 28.3 Å². The van der Waals surface area contributed by atoms with Crippen LogP contribution in [0.5, 0.6) is 5.75 Å². The van der Waals surface area contributed by atoms with Gasteiger partial charge in [0.1, 0.15) is 5.75 Å². The Balaban J connectivity index is 3.32. The molecule has 0 saturated heterocycles. The van der Waals surface area contributed by atoms with Gasteiger partial charge in [-0.15, -0.1) is 0 Å². The summed E-state index contributed by atoms with van der Waals surface area (Å²) < 4.78 is 5.22. The molecule has 1 aromatic carbocycles. The van der Waals surface area contributed by atoms with E-state index in [-0.39, 0.29) is 11.7 Å². The van der Waals surface area contributed by atoms with Crippen LogP contribution in [0.2, 0.25) is 5.02 Å². The van der Waals surface area contributed by atoms with Crippen molar-refractivity contribution in [1.29, 1.82) is 0 Å². The van der Waals surface area contributed by atoms with Gasteiger partial charge in [-0.25, -0.2) is 0 Å². The van der Waals surface area contributed by atoms with Crippen LogP contribution in [-0.2, 0) is 0 Å². The minimum absolute atomic E-state index is 0.0532. The van der Waals surface area contributed by atoms with Gasteiger partial charge in [-0.3, -0.25) is 4.79 Å². The third-order valence-corrected chi connectivity index (χ3v) is 2.45. The average Bonchev–Trinajstić information content (AvgIpc) is 2.15. The number of Topliss-reactive ketones (excluding diaryl/α,β-unsaturated/α-hetero) is 1. The van der Waals surface area contributed by atoms with Crippen molar-refractivity contribution >= 4 is 17.4 Å². The van der Waals surface area contributed by atoms with Crippen LogP contribution in [0.15, 0.2) is 12.1 Å². The van der Waals surface area contributed by atoms with E-state index in [9.17, 15) is 4.79 Å². The fourth-order valence-electron chi connectivity index (χ4n) is 1.49. The lowest BCUT2D eigenvalue weighted by Crippen LogP contribution is -2.10. The Bertz CT molecular complexity index is 383. The molecule has 82 valence electrons. The highest BCUT2D eigenvalue weighted by molar-refractivity contribution is 6.31. The second kappa shape index (κ2) is 4.67. The quantitative estimate of drug-likeness (QED) is 0.738. The molecule has 0 radical (unpaired) electrons. The standard InChI is InChI=1S/C12H15ClO2/c1-7(2)11(14)10-6-9(13)5-8(3)12(10)15-4/h5-7H,1-4H3. The van der Waals surface area contributed by atoms with Crippen molar-refractivity contribution in [3.63, 3.8) is 0 Å². The molecule has 0 aliphatic rings. The Hall–Kier alpha value is -1.02. The van der Waals surface area contributed by atoms with E-state index in [1.54, 1.807) is 19.2 Å². The number of carbonyl (C=O) groups excluding carboxylic acids is 1. The number of halogens is 1. The SMILES string of the molecule is COc1c(C)cc(Cl)cc1C(=O)C(C)C. The first-order valence-electron chi connectivity index (χ1n) is 4.85. The number of methoxy groups -OCH3 is 1. The van der Waals surface area contributed by atoms with Crippen LogP contribution in [-0.4, -0.2) is 12.9 Å². The van der Waals surface area contributed by atoms with Crippen LogP contribution < -0.4 is 4.74 Å². The number of ether oxygens (including phenoxy) is 1.